The molecule has 1 aromatic carbocycles. The van der Waals surface area contributed by atoms with E-state index in [1.807, 2.05) is 43.3 Å². The number of pyridine rings is 1. The molecule has 3 fully saturated rings. The number of benzene rings is 1. The Kier molecular flexibility index (Phi) is 10.2. The highest BCUT2D eigenvalue weighted by Gasteiger charge is 2.63. The van der Waals surface area contributed by atoms with Crippen LogP contribution in [0.1, 0.15) is 95.2 Å². The van der Waals surface area contributed by atoms with Crippen molar-refractivity contribution >= 4 is 44.5 Å². The Labute approximate surface area is 311 Å². The molecule has 0 unspecified atom stereocenters. The average molecular weight is 750 g/mol. The molecule has 0 radical (unpaired) electrons. The predicted molar refractivity (Wildman–Crippen MR) is 196 cm³/mol. The van der Waals surface area contributed by atoms with Gasteiger partial charge in [0.25, 0.3) is 0 Å². The Morgan fingerprint density at radius 2 is 1.87 bits per heavy atom. The number of carbonyl (C=O) groups excluding carboxylic acids is 4. The number of nitrogens with one attached hydrogen (secondary N) is 1. The molecular formula is C40H51N3O9S. The van der Waals surface area contributed by atoms with E-state index >= 15 is 0 Å². The number of aromatic nitrogens is 1. The highest BCUT2D eigenvalue weighted by atomic mass is 32.2. The van der Waals surface area contributed by atoms with Crippen LogP contribution in [0.5, 0.6) is 5.75 Å². The van der Waals surface area contributed by atoms with Gasteiger partial charge in [-0.05, 0) is 77.2 Å². The Bertz CT molecular complexity index is 1940. The normalized spacial score (nSPS) is 30.2. The van der Waals surface area contributed by atoms with Crippen LogP contribution in [-0.4, -0.2) is 85.1 Å². The van der Waals surface area contributed by atoms with Crippen LogP contribution in [-0.2, 0) is 45.1 Å². The summed E-state index contributed by atoms with van der Waals surface area (Å²) in [6, 6.07) is 6.99. The van der Waals surface area contributed by atoms with Gasteiger partial charge in [0.15, 0.2) is 5.78 Å². The number of methoxy groups -OCH3 is 1. The van der Waals surface area contributed by atoms with Crippen molar-refractivity contribution < 1.29 is 41.8 Å². The molecule has 53 heavy (non-hydrogen) atoms. The van der Waals surface area contributed by atoms with Crippen LogP contribution in [0.4, 0.5) is 0 Å². The molecule has 5 atom stereocenters. The fourth-order valence-electron chi connectivity index (χ4n) is 8.61. The van der Waals surface area contributed by atoms with Crippen LogP contribution in [0.2, 0.25) is 0 Å². The monoisotopic (exact) mass is 749 g/mol. The van der Waals surface area contributed by atoms with Crippen molar-refractivity contribution in [1.82, 2.24) is 14.6 Å². The van der Waals surface area contributed by atoms with Gasteiger partial charge in [0.05, 0.1) is 47.0 Å². The Hall–Kier alpha value is -3.84. The lowest BCUT2D eigenvalue weighted by atomic mass is 9.85. The fraction of sp³-hybridized carbons (Fsp3) is 0.625. The summed E-state index contributed by atoms with van der Waals surface area (Å²) < 4.78 is 45.0. The number of fused-ring (bicyclic) bond motifs is 5. The second-order valence-electron chi connectivity index (χ2n) is 16.2. The number of carbonyl (C=O) groups is 4. The van der Waals surface area contributed by atoms with Gasteiger partial charge in [-0.2, -0.15) is 0 Å². The summed E-state index contributed by atoms with van der Waals surface area (Å²) in [7, 11) is -2.41. The van der Waals surface area contributed by atoms with E-state index in [1.165, 1.54) is 7.11 Å². The zero-order chi connectivity index (χ0) is 37.6. The number of hydrogen-bond donors (Lipinski definition) is 1. The molecule has 13 heteroatoms. The van der Waals surface area contributed by atoms with Crippen molar-refractivity contribution in [3.63, 3.8) is 0 Å². The van der Waals surface area contributed by atoms with Gasteiger partial charge >= 0.3 is 5.97 Å². The minimum Gasteiger partial charge on any atom is -0.483 e. The van der Waals surface area contributed by atoms with Crippen molar-refractivity contribution in [3.8, 4) is 5.75 Å². The molecular weight excluding hydrogens is 699 g/mol. The standard InChI is InChI=1S/C40H51N3O9S/c1-26-35-30(29-13-9-10-14-31(29)41-26)15-16-39(52-35)23-32-33(44)24-40(37(47)42-53(48,49)38(2)17-18-38)22-28(40)12-8-6-4-5-7-11-27(36(46)43(32)25-39)21-34(45)51-20-19-50-3/h8-10,12-14,27-28,32H,4-7,11,15-25H2,1-3H3,(H,42,47)/b12-8-/t27-,28-,32+,39-,40-/m1/s1. The summed E-state index contributed by atoms with van der Waals surface area (Å²) in [5.41, 5.74) is 0.522. The van der Waals surface area contributed by atoms with E-state index in [0.29, 0.717) is 50.7 Å². The Balaban J connectivity index is 1.22. The van der Waals surface area contributed by atoms with E-state index in [0.717, 1.165) is 41.4 Å². The number of sulfonamides is 1. The number of Topliss-reactive ketones (excluding diaryl/α,β-unsaturated/α-hetero) is 1. The molecule has 2 amide bonds. The smallest absolute Gasteiger partial charge is 0.306 e. The summed E-state index contributed by atoms with van der Waals surface area (Å²) in [6.07, 6.45) is 9.93. The number of amides is 2. The summed E-state index contributed by atoms with van der Waals surface area (Å²) in [5, 5.41) is 1.01. The molecule has 2 saturated carbocycles. The summed E-state index contributed by atoms with van der Waals surface area (Å²) >= 11 is 0. The molecule has 286 valence electrons. The maximum absolute atomic E-state index is 14.7. The lowest BCUT2D eigenvalue weighted by molar-refractivity contribution is -0.151. The SMILES string of the molecule is COCCOC(=O)C[C@H]1CCCCC/C=C\[C@@H]2C[C@@]2(C(=O)NS(=O)(=O)C2(C)CC2)CC(=O)[C@@H]2C[C@]3(CCc4c(c(C)nc5ccccc45)O3)CN2C1=O. The summed E-state index contributed by atoms with van der Waals surface area (Å²) in [4.78, 5) is 62.7. The number of ketones is 1. The molecule has 1 N–H and O–H groups in total. The quantitative estimate of drug-likeness (QED) is 0.224. The van der Waals surface area contributed by atoms with E-state index in [2.05, 4.69) is 4.72 Å². The van der Waals surface area contributed by atoms with Crippen molar-refractivity contribution in [3.05, 3.63) is 47.7 Å². The lowest BCUT2D eigenvalue weighted by Crippen LogP contribution is -2.48. The number of allylic oxidation sites excluding steroid dienone is 2. The van der Waals surface area contributed by atoms with E-state index < -0.39 is 49.6 Å². The van der Waals surface area contributed by atoms with Crippen LogP contribution in [0.3, 0.4) is 0 Å². The van der Waals surface area contributed by atoms with Crippen molar-refractivity contribution in [2.75, 3.05) is 26.9 Å². The summed E-state index contributed by atoms with van der Waals surface area (Å²) in [5.74, 6) is -2.13. The number of nitrogens with zero attached hydrogens (tertiary/aromatic N) is 2. The molecule has 2 aromatic rings. The Morgan fingerprint density at radius 1 is 1.08 bits per heavy atom. The van der Waals surface area contributed by atoms with E-state index in [9.17, 15) is 27.6 Å². The van der Waals surface area contributed by atoms with Crippen LogP contribution in [0.15, 0.2) is 36.4 Å². The molecule has 5 aliphatic rings. The molecule has 1 saturated heterocycles. The van der Waals surface area contributed by atoms with E-state index in [-0.39, 0.29) is 56.6 Å². The molecule has 0 bridgehead atoms. The predicted octanol–water partition coefficient (Wildman–Crippen LogP) is 4.89. The number of rotatable bonds is 8. The lowest BCUT2D eigenvalue weighted by Gasteiger charge is -2.36. The first-order chi connectivity index (χ1) is 25.3. The zero-order valence-electron chi connectivity index (χ0n) is 31.0. The minimum atomic E-state index is -3.93. The molecule has 7 rings (SSSR count). The van der Waals surface area contributed by atoms with Crippen molar-refractivity contribution in [2.24, 2.45) is 17.3 Å². The second-order valence-corrected chi connectivity index (χ2v) is 18.4. The van der Waals surface area contributed by atoms with Crippen LogP contribution < -0.4 is 9.46 Å². The molecule has 1 aromatic heterocycles. The van der Waals surface area contributed by atoms with Gasteiger partial charge in [-0.1, -0.05) is 43.2 Å². The third-order valence-electron chi connectivity index (χ3n) is 12.3. The average Bonchev–Trinajstić information content (AvgIpc) is 4.02. The molecule has 12 nitrogen and oxygen atoms in total. The van der Waals surface area contributed by atoms with Gasteiger partial charge in [-0.3, -0.25) is 23.9 Å². The van der Waals surface area contributed by atoms with Gasteiger partial charge in [0.1, 0.15) is 18.0 Å². The van der Waals surface area contributed by atoms with Crippen molar-refractivity contribution in [2.45, 2.75) is 114 Å². The van der Waals surface area contributed by atoms with Gasteiger partial charge < -0.3 is 19.1 Å². The van der Waals surface area contributed by atoms with Gasteiger partial charge in [0.2, 0.25) is 21.8 Å². The van der Waals surface area contributed by atoms with Crippen LogP contribution in [0.25, 0.3) is 10.9 Å². The maximum atomic E-state index is 14.7. The van der Waals surface area contributed by atoms with E-state index in [4.69, 9.17) is 19.2 Å². The fourth-order valence-corrected chi connectivity index (χ4v) is 9.94. The zero-order valence-corrected chi connectivity index (χ0v) is 31.8. The third kappa shape index (κ3) is 7.35. The molecule has 3 aliphatic heterocycles. The number of hydrogen-bond acceptors (Lipinski definition) is 10. The maximum Gasteiger partial charge on any atom is 0.306 e. The van der Waals surface area contributed by atoms with Crippen LogP contribution >= 0.6 is 0 Å². The largest absolute Gasteiger partial charge is 0.483 e. The summed E-state index contributed by atoms with van der Waals surface area (Å²) in [6.45, 7) is 3.98. The number of esters is 1. The Morgan fingerprint density at radius 3 is 2.64 bits per heavy atom. The van der Waals surface area contributed by atoms with E-state index in [1.54, 1.807) is 11.8 Å². The molecule has 2 aliphatic carbocycles. The number of para-hydroxylation sites is 1. The second kappa shape index (κ2) is 14.4. The number of aryl methyl sites for hydroxylation is 2. The molecule has 1 spiro atoms. The van der Waals surface area contributed by atoms with Gasteiger partial charge in [-0.25, -0.2) is 13.4 Å². The first-order valence-electron chi connectivity index (χ1n) is 19.1. The van der Waals surface area contributed by atoms with Gasteiger partial charge in [0, 0.05) is 36.8 Å². The van der Waals surface area contributed by atoms with Gasteiger partial charge in [-0.15, -0.1) is 0 Å². The van der Waals surface area contributed by atoms with Crippen LogP contribution in [0, 0.1) is 24.2 Å². The van der Waals surface area contributed by atoms with Crippen molar-refractivity contribution in [1.29, 1.82) is 0 Å². The third-order valence-corrected chi connectivity index (χ3v) is 14.5. The minimum absolute atomic E-state index is 0.0754. The first kappa shape index (κ1) is 37.5. The molecule has 4 heterocycles. The number of ether oxygens (including phenoxy) is 3. The highest BCUT2D eigenvalue weighted by Crippen LogP contribution is 2.58. The topological polar surface area (TPSA) is 158 Å². The highest BCUT2D eigenvalue weighted by molar-refractivity contribution is 7.91. The first-order valence-corrected chi connectivity index (χ1v) is 20.6.